The van der Waals surface area contributed by atoms with Gasteiger partial charge in [-0.25, -0.2) is 0 Å². The molecule has 9 heteroatoms. The molecule has 0 unspecified atom stereocenters. The highest BCUT2D eigenvalue weighted by atomic mass is 19.4. The van der Waals surface area contributed by atoms with Crippen molar-refractivity contribution in [1.82, 2.24) is 5.32 Å². The van der Waals surface area contributed by atoms with Crippen molar-refractivity contribution >= 4 is 17.5 Å². The van der Waals surface area contributed by atoms with Crippen LogP contribution in [0.3, 0.4) is 0 Å². The maximum absolute atomic E-state index is 12.3. The van der Waals surface area contributed by atoms with Gasteiger partial charge in [0.05, 0.1) is 12.3 Å². The summed E-state index contributed by atoms with van der Waals surface area (Å²) in [4.78, 5) is 23.5. The largest absolute Gasteiger partial charge is 0.482 e. The lowest BCUT2D eigenvalue weighted by molar-refractivity contribution is -0.176. The van der Waals surface area contributed by atoms with Gasteiger partial charge in [-0.1, -0.05) is 24.3 Å². The monoisotopic (exact) mass is 394 g/mol. The number of hydrogen-bond donors (Lipinski definition) is 2. The second-order valence-electron chi connectivity index (χ2n) is 6.15. The smallest absolute Gasteiger partial charge is 0.411 e. The SMILES string of the molecule is O=C1COc2cc(C(=O)NCc3ccc(COCC(F)(F)F)cc3)ccc2N1. The van der Waals surface area contributed by atoms with E-state index in [9.17, 15) is 22.8 Å². The Bertz CT molecular complexity index is 866. The van der Waals surface area contributed by atoms with Crippen molar-refractivity contribution in [2.45, 2.75) is 19.3 Å². The van der Waals surface area contributed by atoms with Crippen LogP contribution >= 0.6 is 0 Å². The van der Waals surface area contributed by atoms with Gasteiger partial charge in [0, 0.05) is 12.1 Å². The van der Waals surface area contributed by atoms with Gasteiger partial charge in [0.25, 0.3) is 11.8 Å². The molecule has 2 aromatic carbocycles. The maximum atomic E-state index is 12.3. The summed E-state index contributed by atoms with van der Waals surface area (Å²) in [5.41, 5.74) is 2.28. The first-order valence-electron chi connectivity index (χ1n) is 8.37. The summed E-state index contributed by atoms with van der Waals surface area (Å²) in [5.74, 6) is -0.145. The standard InChI is InChI=1S/C19H17F3N2O4/c20-19(21,22)11-27-9-13-3-1-12(2-4-13)8-23-18(26)14-5-6-15-16(7-14)28-10-17(25)24-15/h1-7H,8-11H2,(H,23,26)(H,24,25). The van der Waals surface area contributed by atoms with Crippen LogP contribution in [0.2, 0.25) is 0 Å². The number of anilines is 1. The number of carbonyl (C=O) groups excluding carboxylic acids is 2. The number of rotatable bonds is 6. The first-order valence-corrected chi connectivity index (χ1v) is 8.37. The Balaban J connectivity index is 1.51. The number of nitrogens with one attached hydrogen (secondary N) is 2. The zero-order valence-corrected chi connectivity index (χ0v) is 14.6. The second kappa shape index (κ2) is 8.30. The van der Waals surface area contributed by atoms with Crippen LogP contribution in [0.5, 0.6) is 5.75 Å². The Morgan fingerprint density at radius 3 is 2.57 bits per heavy atom. The molecule has 0 fully saturated rings. The fourth-order valence-electron chi connectivity index (χ4n) is 2.54. The van der Waals surface area contributed by atoms with Crippen molar-refractivity contribution in [3.8, 4) is 5.75 Å². The van der Waals surface area contributed by atoms with Crippen LogP contribution in [0.25, 0.3) is 0 Å². The van der Waals surface area contributed by atoms with Crippen molar-refractivity contribution in [2.24, 2.45) is 0 Å². The zero-order chi connectivity index (χ0) is 20.1. The van der Waals surface area contributed by atoms with Gasteiger partial charge >= 0.3 is 6.18 Å². The molecule has 0 aliphatic carbocycles. The summed E-state index contributed by atoms with van der Waals surface area (Å²) in [5, 5.41) is 5.40. The normalized spacial score (nSPS) is 13.3. The van der Waals surface area contributed by atoms with Gasteiger partial charge in [0.15, 0.2) is 6.61 Å². The van der Waals surface area contributed by atoms with E-state index in [0.717, 1.165) is 5.56 Å². The predicted molar refractivity (Wildman–Crippen MR) is 93.9 cm³/mol. The van der Waals surface area contributed by atoms with Gasteiger partial charge in [-0.05, 0) is 29.3 Å². The van der Waals surface area contributed by atoms with Crippen LogP contribution in [-0.4, -0.2) is 31.2 Å². The Morgan fingerprint density at radius 2 is 1.86 bits per heavy atom. The molecule has 0 saturated carbocycles. The van der Waals surface area contributed by atoms with Crippen molar-refractivity contribution in [2.75, 3.05) is 18.5 Å². The number of carbonyl (C=O) groups is 2. The summed E-state index contributed by atoms with van der Waals surface area (Å²) in [6.07, 6.45) is -4.35. The first-order chi connectivity index (χ1) is 13.3. The van der Waals surface area contributed by atoms with E-state index < -0.39 is 12.8 Å². The molecule has 0 spiro atoms. The van der Waals surface area contributed by atoms with E-state index in [1.54, 1.807) is 42.5 Å². The Morgan fingerprint density at radius 1 is 1.14 bits per heavy atom. The zero-order valence-electron chi connectivity index (χ0n) is 14.6. The van der Waals surface area contributed by atoms with Gasteiger partial charge in [0.1, 0.15) is 12.4 Å². The average Bonchev–Trinajstić information content (AvgIpc) is 2.65. The van der Waals surface area contributed by atoms with Gasteiger partial charge in [0.2, 0.25) is 0 Å². The number of halogens is 3. The summed E-state index contributed by atoms with van der Waals surface area (Å²) in [6, 6.07) is 11.4. The molecule has 0 bridgehead atoms. The number of fused-ring (bicyclic) bond motifs is 1. The van der Waals surface area contributed by atoms with E-state index in [1.807, 2.05) is 0 Å². The fourth-order valence-corrected chi connectivity index (χ4v) is 2.54. The minimum absolute atomic E-state index is 0.100. The van der Waals surface area contributed by atoms with Crippen molar-refractivity contribution in [3.05, 3.63) is 59.2 Å². The third-order valence-electron chi connectivity index (χ3n) is 3.89. The minimum atomic E-state index is -4.35. The van der Waals surface area contributed by atoms with Gasteiger partial charge in [-0.15, -0.1) is 0 Å². The van der Waals surface area contributed by atoms with Gasteiger partial charge < -0.3 is 20.1 Å². The highest BCUT2D eigenvalue weighted by Gasteiger charge is 2.27. The van der Waals surface area contributed by atoms with E-state index in [1.165, 1.54) is 0 Å². The van der Waals surface area contributed by atoms with Crippen LogP contribution < -0.4 is 15.4 Å². The first kappa shape index (κ1) is 19.7. The third kappa shape index (κ3) is 5.46. The molecule has 3 rings (SSSR count). The average molecular weight is 394 g/mol. The van der Waals surface area contributed by atoms with Crippen LogP contribution in [0.15, 0.2) is 42.5 Å². The highest BCUT2D eigenvalue weighted by molar-refractivity contribution is 5.98. The lowest BCUT2D eigenvalue weighted by atomic mass is 10.1. The topological polar surface area (TPSA) is 76.7 Å². The molecule has 0 radical (unpaired) electrons. The molecule has 28 heavy (non-hydrogen) atoms. The molecule has 6 nitrogen and oxygen atoms in total. The van der Waals surface area contributed by atoms with Crippen LogP contribution in [0, 0.1) is 0 Å². The molecule has 0 saturated heterocycles. The Kier molecular flexibility index (Phi) is 5.84. The number of ether oxygens (including phenoxy) is 2. The number of alkyl halides is 3. The molecular weight excluding hydrogens is 377 g/mol. The fraction of sp³-hybridized carbons (Fsp3) is 0.263. The Labute approximate surface area is 158 Å². The van der Waals surface area contributed by atoms with Crippen LogP contribution in [0.4, 0.5) is 18.9 Å². The summed E-state index contributed by atoms with van der Waals surface area (Å²) >= 11 is 0. The lowest BCUT2D eigenvalue weighted by Crippen LogP contribution is -2.26. The number of amides is 2. The van der Waals surface area contributed by atoms with Crippen molar-refractivity contribution in [3.63, 3.8) is 0 Å². The van der Waals surface area contributed by atoms with Crippen molar-refractivity contribution in [1.29, 1.82) is 0 Å². The summed E-state index contributed by atoms with van der Waals surface area (Å²) in [7, 11) is 0. The molecule has 2 amide bonds. The van der Waals surface area contributed by atoms with E-state index in [2.05, 4.69) is 15.4 Å². The minimum Gasteiger partial charge on any atom is -0.482 e. The molecule has 2 aromatic rings. The van der Waals surface area contributed by atoms with Crippen LogP contribution in [-0.2, 0) is 22.7 Å². The number of hydrogen-bond acceptors (Lipinski definition) is 4. The van der Waals surface area contributed by atoms with Gasteiger partial charge in [-0.2, -0.15) is 13.2 Å². The quantitative estimate of drug-likeness (QED) is 0.790. The predicted octanol–water partition coefficient (Wildman–Crippen LogP) is 3.03. The molecule has 1 aliphatic heterocycles. The molecule has 2 N–H and O–H groups in total. The van der Waals surface area contributed by atoms with E-state index in [-0.39, 0.29) is 31.6 Å². The maximum Gasteiger partial charge on any atom is 0.411 e. The van der Waals surface area contributed by atoms with Crippen LogP contribution in [0.1, 0.15) is 21.5 Å². The van der Waals surface area contributed by atoms with E-state index in [4.69, 9.17) is 4.74 Å². The molecule has 148 valence electrons. The van der Waals surface area contributed by atoms with E-state index in [0.29, 0.717) is 22.6 Å². The molecule has 1 heterocycles. The Hall–Kier alpha value is -3.07. The summed E-state index contributed by atoms with van der Waals surface area (Å²) < 4.78 is 46.1. The van der Waals surface area contributed by atoms with E-state index >= 15 is 0 Å². The highest BCUT2D eigenvalue weighted by Crippen LogP contribution is 2.28. The van der Waals surface area contributed by atoms with Gasteiger partial charge in [-0.3, -0.25) is 9.59 Å². The van der Waals surface area contributed by atoms with Crippen molar-refractivity contribution < 1.29 is 32.2 Å². The number of benzene rings is 2. The molecule has 0 aromatic heterocycles. The molecule has 0 atom stereocenters. The third-order valence-corrected chi connectivity index (χ3v) is 3.89. The summed E-state index contributed by atoms with van der Waals surface area (Å²) in [6.45, 7) is -1.29. The molecular formula is C19H17F3N2O4. The lowest BCUT2D eigenvalue weighted by Gasteiger charge is -2.18. The molecule has 1 aliphatic rings. The second-order valence-corrected chi connectivity index (χ2v) is 6.15.